The molecule has 1 aliphatic carbocycles. The zero-order valence-electron chi connectivity index (χ0n) is 16.7. The van der Waals surface area contributed by atoms with Gasteiger partial charge in [0.1, 0.15) is 11.7 Å². The fraction of sp³-hybridized carbons (Fsp3) is 0.476. The van der Waals surface area contributed by atoms with Crippen LogP contribution in [0.25, 0.3) is 0 Å². The predicted octanol–water partition coefficient (Wildman–Crippen LogP) is 4.38. The molecule has 4 nitrogen and oxygen atoms in total. The molecule has 0 aromatic heterocycles. The second-order valence-corrected chi connectivity index (χ2v) is 7.06. The number of ketones is 1. The number of carbonyl (C=O) groups excluding carboxylic acids is 1. The van der Waals surface area contributed by atoms with Gasteiger partial charge in [-0.15, -0.1) is 0 Å². The molecule has 0 spiro atoms. The molecular formula is C21H31F2N3O. The van der Waals surface area contributed by atoms with Crippen molar-refractivity contribution in [2.45, 2.75) is 46.0 Å². The highest BCUT2D eigenvalue weighted by atomic mass is 19.1. The van der Waals surface area contributed by atoms with Crippen molar-refractivity contribution in [2.75, 3.05) is 14.1 Å². The molecule has 6 heteroatoms. The van der Waals surface area contributed by atoms with Crippen molar-refractivity contribution in [1.29, 1.82) is 0 Å². The van der Waals surface area contributed by atoms with E-state index in [-0.39, 0.29) is 35.8 Å². The summed E-state index contributed by atoms with van der Waals surface area (Å²) in [4.78, 5) is 13.9. The van der Waals surface area contributed by atoms with Gasteiger partial charge in [-0.3, -0.25) is 4.79 Å². The molecule has 0 aromatic carbocycles. The van der Waals surface area contributed by atoms with Gasteiger partial charge in [0.15, 0.2) is 5.78 Å². The van der Waals surface area contributed by atoms with Gasteiger partial charge in [-0.25, -0.2) is 8.78 Å². The largest absolute Gasteiger partial charge is 0.401 e. The first-order valence-corrected chi connectivity index (χ1v) is 9.25. The first-order chi connectivity index (χ1) is 12.7. The molecule has 0 amide bonds. The first-order valence-electron chi connectivity index (χ1n) is 9.25. The summed E-state index contributed by atoms with van der Waals surface area (Å²) in [6, 6.07) is 0. The Morgan fingerprint density at radius 2 is 2.00 bits per heavy atom. The van der Waals surface area contributed by atoms with Gasteiger partial charge in [0.2, 0.25) is 0 Å². The van der Waals surface area contributed by atoms with Crippen LogP contribution in [0.2, 0.25) is 0 Å². The summed E-state index contributed by atoms with van der Waals surface area (Å²) in [6.07, 6.45) is 8.15. The van der Waals surface area contributed by atoms with Crippen LogP contribution in [-0.2, 0) is 4.79 Å². The summed E-state index contributed by atoms with van der Waals surface area (Å²) in [6.45, 7) is 4.00. The SMILES string of the molecule is CCCC(C)C(/C=C(\N)C1=C(F)CCC=C1F)=C(/N)CC(=O)/C=C/N(C)C. The van der Waals surface area contributed by atoms with E-state index in [9.17, 15) is 13.6 Å². The Labute approximate surface area is 161 Å². The zero-order valence-corrected chi connectivity index (χ0v) is 16.7. The summed E-state index contributed by atoms with van der Waals surface area (Å²) in [5.41, 5.74) is 13.0. The molecule has 0 fully saturated rings. The van der Waals surface area contributed by atoms with Gasteiger partial charge in [-0.05, 0) is 42.6 Å². The molecule has 0 bridgehead atoms. The van der Waals surface area contributed by atoms with Gasteiger partial charge in [-0.2, -0.15) is 0 Å². The Kier molecular flexibility index (Phi) is 8.98. The van der Waals surface area contributed by atoms with Crippen LogP contribution in [0.1, 0.15) is 46.0 Å². The second kappa shape index (κ2) is 10.7. The monoisotopic (exact) mass is 379 g/mol. The molecule has 1 rings (SSSR count). The highest BCUT2D eigenvalue weighted by molar-refractivity contribution is 5.91. The summed E-state index contributed by atoms with van der Waals surface area (Å²) >= 11 is 0. The lowest BCUT2D eigenvalue weighted by Gasteiger charge is -2.18. The third kappa shape index (κ3) is 7.04. The lowest BCUT2D eigenvalue weighted by molar-refractivity contribution is -0.114. The van der Waals surface area contributed by atoms with Gasteiger partial charge < -0.3 is 16.4 Å². The van der Waals surface area contributed by atoms with Crippen molar-refractivity contribution < 1.29 is 13.6 Å². The number of nitrogens with two attached hydrogens (primary N) is 2. The maximum Gasteiger partial charge on any atom is 0.162 e. The Morgan fingerprint density at radius 1 is 1.33 bits per heavy atom. The number of hydrogen-bond acceptors (Lipinski definition) is 4. The van der Waals surface area contributed by atoms with Crippen LogP contribution in [0.3, 0.4) is 0 Å². The number of hydrogen-bond donors (Lipinski definition) is 2. The minimum absolute atomic E-state index is 0.00173. The summed E-state index contributed by atoms with van der Waals surface area (Å²) in [5, 5.41) is 0. The van der Waals surface area contributed by atoms with E-state index in [1.165, 1.54) is 18.2 Å². The number of halogens is 2. The van der Waals surface area contributed by atoms with Crippen molar-refractivity contribution in [3.8, 4) is 0 Å². The molecular weight excluding hydrogens is 348 g/mol. The van der Waals surface area contributed by atoms with Crippen LogP contribution in [0.5, 0.6) is 0 Å². The van der Waals surface area contributed by atoms with Gasteiger partial charge >= 0.3 is 0 Å². The summed E-state index contributed by atoms with van der Waals surface area (Å²) < 4.78 is 28.2. The van der Waals surface area contributed by atoms with Crippen LogP contribution in [0.4, 0.5) is 8.78 Å². The molecule has 1 unspecified atom stereocenters. The van der Waals surface area contributed by atoms with Crippen LogP contribution in [-0.4, -0.2) is 24.8 Å². The molecule has 150 valence electrons. The zero-order chi connectivity index (χ0) is 20.6. The van der Waals surface area contributed by atoms with Gasteiger partial charge in [0.25, 0.3) is 0 Å². The molecule has 0 heterocycles. The Balaban J connectivity index is 3.24. The van der Waals surface area contributed by atoms with E-state index < -0.39 is 11.7 Å². The predicted molar refractivity (Wildman–Crippen MR) is 107 cm³/mol. The molecule has 27 heavy (non-hydrogen) atoms. The maximum absolute atomic E-state index is 14.1. The van der Waals surface area contributed by atoms with Gasteiger partial charge in [-0.1, -0.05) is 20.3 Å². The minimum atomic E-state index is -0.654. The van der Waals surface area contributed by atoms with Crippen molar-refractivity contribution >= 4 is 5.78 Å². The fourth-order valence-corrected chi connectivity index (χ4v) is 2.94. The third-order valence-corrected chi connectivity index (χ3v) is 4.34. The van der Waals surface area contributed by atoms with E-state index in [4.69, 9.17) is 11.5 Å². The van der Waals surface area contributed by atoms with Crippen LogP contribution in [0.15, 0.2) is 58.6 Å². The average Bonchev–Trinajstić information content (AvgIpc) is 2.57. The van der Waals surface area contributed by atoms with E-state index in [0.717, 1.165) is 12.8 Å². The average molecular weight is 379 g/mol. The Morgan fingerprint density at radius 3 is 2.56 bits per heavy atom. The maximum atomic E-state index is 14.1. The summed E-state index contributed by atoms with van der Waals surface area (Å²) in [7, 11) is 3.63. The van der Waals surface area contributed by atoms with E-state index in [2.05, 4.69) is 0 Å². The topological polar surface area (TPSA) is 72.3 Å². The number of nitrogens with zero attached hydrogens (tertiary/aromatic N) is 1. The number of carbonyl (C=O) groups is 1. The standard InChI is InChI=1S/C21H31F2N3O/c1-5-7-14(2)16(19(24)12-15(27)10-11-26(3)4)13-20(25)21-17(22)8-6-9-18(21)23/h8,10-11,13-14H,5-7,9,12,24-25H2,1-4H3/b11-10+,19-16+,20-13-. The molecule has 1 aliphatic rings. The smallest absolute Gasteiger partial charge is 0.162 e. The normalized spacial score (nSPS) is 17.7. The third-order valence-electron chi connectivity index (χ3n) is 4.34. The Hall–Kier alpha value is -2.37. The highest BCUT2D eigenvalue weighted by Gasteiger charge is 2.20. The first kappa shape index (κ1) is 22.7. The quantitative estimate of drug-likeness (QED) is 0.460. The van der Waals surface area contributed by atoms with Crippen molar-refractivity contribution in [3.63, 3.8) is 0 Å². The lowest BCUT2D eigenvalue weighted by Crippen LogP contribution is -2.14. The molecule has 0 saturated carbocycles. The Bertz CT molecular complexity index is 700. The molecule has 0 aliphatic heterocycles. The number of allylic oxidation sites excluding steroid dienone is 7. The van der Waals surface area contributed by atoms with Gasteiger partial charge in [0, 0.05) is 38.1 Å². The van der Waals surface area contributed by atoms with Crippen LogP contribution in [0, 0.1) is 5.92 Å². The van der Waals surface area contributed by atoms with Crippen molar-refractivity contribution in [3.05, 3.63) is 58.6 Å². The van der Waals surface area contributed by atoms with E-state index >= 15 is 0 Å². The minimum Gasteiger partial charge on any atom is -0.401 e. The second-order valence-electron chi connectivity index (χ2n) is 7.06. The van der Waals surface area contributed by atoms with Crippen molar-refractivity contribution in [2.24, 2.45) is 17.4 Å². The van der Waals surface area contributed by atoms with E-state index in [1.54, 1.807) is 11.1 Å². The lowest BCUT2D eigenvalue weighted by atomic mass is 9.90. The summed E-state index contributed by atoms with van der Waals surface area (Å²) in [5.74, 6) is -1.35. The molecule has 1 atom stereocenters. The highest BCUT2D eigenvalue weighted by Crippen LogP contribution is 2.32. The molecule has 0 radical (unpaired) electrons. The molecule has 4 N–H and O–H groups in total. The molecule has 0 aromatic rings. The van der Waals surface area contributed by atoms with Crippen LogP contribution < -0.4 is 11.5 Å². The van der Waals surface area contributed by atoms with E-state index in [1.807, 2.05) is 27.9 Å². The van der Waals surface area contributed by atoms with Crippen molar-refractivity contribution in [1.82, 2.24) is 4.90 Å². The molecule has 0 saturated heterocycles. The fourth-order valence-electron chi connectivity index (χ4n) is 2.94. The van der Waals surface area contributed by atoms with Crippen LogP contribution >= 0.6 is 0 Å². The number of rotatable bonds is 9. The van der Waals surface area contributed by atoms with Gasteiger partial charge in [0.05, 0.1) is 12.0 Å². The van der Waals surface area contributed by atoms with E-state index in [0.29, 0.717) is 17.7 Å².